The van der Waals surface area contributed by atoms with Crippen molar-refractivity contribution in [2.45, 2.75) is 20.8 Å². The van der Waals surface area contributed by atoms with Crippen molar-refractivity contribution in [2.75, 3.05) is 13.2 Å². The highest BCUT2D eigenvalue weighted by molar-refractivity contribution is 14.1. The molecular weight excluding hydrogens is 447 g/mol. The summed E-state index contributed by atoms with van der Waals surface area (Å²) in [5, 5.41) is 13.8. The number of hydrogen-bond donors (Lipinski definition) is 2. The second-order valence-electron chi connectivity index (χ2n) is 5.56. The highest BCUT2D eigenvalue weighted by atomic mass is 127. The maximum absolute atomic E-state index is 11.9. The first-order valence-electron chi connectivity index (χ1n) is 8.08. The molecule has 0 spiro atoms. The summed E-state index contributed by atoms with van der Waals surface area (Å²) in [4.78, 5) is 11.9. The third-order valence-corrected chi connectivity index (χ3v) is 4.49. The van der Waals surface area contributed by atoms with Gasteiger partial charge in [-0.2, -0.15) is 5.10 Å². The van der Waals surface area contributed by atoms with Crippen molar-refractivity contribution in [3.63, 3.8) is 0 Å². The maximum atomic E-state index is 11.9. The number of ether oxygens (including phenoxy) is 2. The van der Waals surface area contributed by atoms with Crippen molar-refractivity contribution < 1.29 is 19.4 Å². The SMILES string of the molecule is CCOc1cc(C=NNC(=O)COc2cccc(C)c2C)cc(I)c1O. The molecule has 6 nitrogen and oxygen atoms in total. The van der Waals surface area contributed by atoms with Crippen LogP contribution in [-0.2, 0) is 4.79 Å². The average molecular weight is 468 g/mol. The Balaban J connectivity index is 1.93. The molecule has 2 aromatic rings. The van der Waals surface area contributed by atoms with Crippen LogP contribution >= 0.6 is 22.6 Å². The van der Waals surface area contributed by atoms with Gasteiger partial charge in [0.1, 0.15) is 5.75 Å². The van der Waals surface area contributed by atoms with Gasteiger partial charge in [-0.15, -0.1) is 0 Å². The first-order chi connectivity index (χ1) is 12.4. The number of halogens is 1. The minimum Gasteiger partial charge on any atom is -0.504 e. The van der Waals surface area contributed by atoms with Crippen LogP contribution in [0.4, 0.5) is 0 Å². The van der Waals surface area contributed by atoms with Gasteiger partial charge in [0.2, 0.25) is 0 Å². The largest absolute Gasteiger partial charge is 0.504 e. The van der Waals surface area contributed by atoms with Gasteiger partial charge in [-0.25, -0.2) is 5.43 Å². The second-order valence-corrected chi connectivity index (χ2v) is 6.72. The van der Waals surface area contributed by atoms with E-state index in [0.717, 1.165) is 11.1 Å². The number of nitrogens with one attached hydrogen (secondary N) is 1. The number of phenols is 1. The summed E-state index contributed by atoms with van der Waals surface area (Å²) < 4.78 is 11.5. The van der Waals surface area contributed by atoms with Gasteiger partial charge in [-0.1, -0.05) is 12.1 Å². The predicted octanol–water partition coefficient (Wildman–Crippen LogP) is 3.54. The maximum Gasteiger partial charge on any atom is 0.277 e. The number of aryl methyl sites for hydroxylation is 1. The summed E-state index contributed by atoms with van der Waals surface area (Å²) >= 11 is 2.01. The van der Waals surface area contributed by atoms with Crippen molar-refractivity contribution in [2.24, 2.45) is 5.10 Å². The molecule has 2 aromatic carbocycles. The van der Waals surface area contributed by atoms with E-state index in [4.69, 9.17) is 9.47 Å². The fourth-order valence-corrected chi connectivity index (χ4v) is 2.79. The van der Waals surface area contributed by atoms with Crippen LogP contribution in [0.3, 0.4) is 0 Å². The lowest BCUT2D eigenvalue weighted by molar-refractivity contribution is -0.123. The van der Waals surface area contributed by atoms with Gasteiger partial charge in [0.25, 0.3) is 5.91 Å². The normalized spacial score (nSPS) is 10.8. The van der Waals surface area contributed by atoms with E-state index in [2.05, 4.69) is 10.5 Å². The molecule has 0 atom stereocenters. The summed E-state index contributed by atoms with van der Waals surface area (Å²) in [5.74, 6) is 0.792. The lowest BCUT2D eigenvalue weighted by atomic mass is 10.1. The highest BCUT2D eigenvalue weighted by Gasteiger charge is 2.09. The Morgan fingerprint density at radius 3 is 2.77 bits per heavy atom. The summed E-state index contributed by atoms with van der Waals surface area (Å²) in [5.41, 5.74) is 5.23. The Kier molecular flexibility index (Phi) is 7.26. The molecule has 0 saturated carbocycles. The van der Waals surface area contributed by atoms with Crippen LogP contribution in [0.2, 0.25) is 0 Å². The Hall–Kier alpha value is -2.29. The Bertz CT molecular complexity index is 821. The lowest BCUT2D eigenvalue weighted by Gasteiger charge is -2.10. The van der Waals surface area contributed by atoms with Crippen LogP contribution in [0.1, 0.15) is 23.6 Å². The zero-order valence-corrected chi connectivity index (χ0v) is 17.0. The molecule has 1 amide bonds. The molecule has 138 valence electrons. The molecule has 2 N–H and O–H groups in total. The number of aromatic hydroxyl groups is 1. The molecule has 0 unspecified atom stereocenters. The molecule has 0 aliphatic heterocycles. The number of hydrazone groups is 1. The number of carbonyl (C=O) groups excluding carboxylic acids is 1. The minimum atomic E-state index is -0.360. The molecular formula is C19H21IN2O4. The first-order valence-corrected chi connectivity index (χ1v) is 9.16. The van der Waals surface area contributed by atoms with Crippen LogP contribution < -0.4 is 14.9 Å². The minimum absolute atomic E-state index is 0.0931. The number of rotatable bonds is 7. The topological polar surface area (TPSA) is 80.2 Å². The number of nitrogens with zero attached hydrogens (tertiary/aromatic N) is 1. The zero-order chi connectivity index (χ0) is 19.1. The molecule has 0 aromatic heterocycles. The van der Waals surface area contributed by atoms with Crippen molar-refractivity contribution >= 4 is 34.7 Å². The number of carbonyl (C=O) groups is 1. The molecule has 0 aliphatic carbocycles. The van der Waals surface area contributed by atoms with E-state index in [9.17, 15) is 9.90 Å². The molecule has 0 saturated heterocycles. The van der Waals surface area contributed by atoms with Crippen LogP contribution in [0.15, 0.2) is 35.4 Å². The zero-order valence-electron chi connectivity index (χ0n) is 14.9. The Morgan fingerprint density at radius 2 is 2.04 bits per heavy atom. The number of benzene rings is 2. The van der Waals surface area contributed by atoms with Gasteiger partial charge >= 0.3 is 0 Å². The Labute approximate surface area is 166 Å². The second kappa shape index (κ2) is 9.42. The average Bonchev–Trinajstić information content (AvgIpc) is 2.60. The van der Waals surface area contributed by atoms with Gasteiger partial charge in [0, 0.05) is 0 Å². The van der Waals surface area contributed by atoms with Crippen LogP contribution in [0.5, 0.6) is 17.2 Å². The first kappa shape index (κ1) is 20.0. The van der Waals surface area contributed by atoms with Crippen LogP contribution in [0, 0.1) is 17.4 Å². The standard InChI is InChI=1S/C19H21IN2O4/c1-4-25-17-9-14(8-15(20)19(17)24)10-21-22-18(23)11-26-16-7-5-6-12(2)13(16)3/h5-10,24H,4,11H2,1-3H3,(H,22,23). The smallest absolute Gasteiger partial charge is 0.277 e. The van der Waals surface area contributed by atoms with Gasteiger partial charge in [0.15, 0.2) is 18.1 Å². The molecule has 26 heavy (non-hydrogen) atoms. The van der Waals surface area contributed by atoms with Crippen molar-refractivity contribution in [1.29, 1.82) is 0 Å². The molecule has 2 rings (SSSR count). The van der Waals surface area contributed by atoms with Gasteiger partial charge in [-0.05, 0) is 78.3 Å². The summed E-state index contributed by atoms with van der Waals surface area (Å²) in [6.45, 7) is 6.09. The van der Waals surface area contributed by atoms with E-state index in [1.54, 1.807) is 12.1 Å². The highest BCUT2D eigenvalue weighted by Crippen LogP contribution is 2.32. The van der Waals surface area contributed by atoms with Gasteiger partial charge in [0.05, 0.1) is 16.4 Å². The molecule has 0 bridgehead atoms. The van der Waals surface area contributed by atoms with E-state index in [1.807, 2.05) is 61.6 Å². The van der Waals surface area contributed by atoms with Gasteiger partial charge < -0.3 is 14.6 Å². The molecule has 7 heteroatoms. The van der Waals surface area contributed by atoms with E-state index in [1.165, 1.54) is 6.21 Å². The van der Waals surface area contributed by atoms with E-state index in [-0.39, 0.29) is 18.3 Å². The fourth-order valence-electron chi connectivity index (χ4n) is 2.17. The number of phenolic OH excluding ortho intramolecular Hbond substituents is 1. The third-order valence-electron chi connectivity index (χ3n) is 3.67. The van der Waals surface area contributed by atoms with Crippen LogP contribution in [-0.4, -0.2) is 30.4 Å². The van der Waals surface area contributed by atoms with Crippen molar-refractivity contribution in [3.05, 3.63) is 50.6 Å². The van der Waals surface area contributed by atoms with Crippen LogP contribution in [0.25, 0.3) is 0 Å². The van der Waals surface area contributed by atoms with E-state index in [0.29, 0.717) is 27.2 Å². The monoisotopic (exact) mass is 468 g/mol. The molecule has 0 heterocycles. The summed E-state index contributed by atoms with van der Waals surface area (Å²) in [6.07, 6.45) is 1.49. The molecule has 0 fully saturated rings. The Morgan fingerprint density at radius 1 is 1.27 bits per heavy atom. The van der Waals surface area contributed by atoms with E-state index >= 15 is 0 Å². The van der Waals surface area contributed by atoms with E-state index < -0.39 is 0 Å². The summed E-state index contributed by atoms with van der Waals surface area (Å²) in [7, 11) is 0. The van der Waals surface area contributed by atoms with Gasteiger partial charge in [-0.3, -0.25) is 4.79 Å². The number of hydrogen-bond acceptors (Lipinski definition) is 5. The van der Waals surface area contributed by atoms with Crippen molar-refractivity contribution in [1.82, 2.24) is 5.43 Å². The predicted molar refractivity (Wildman–Crippen MR) is 109 cm³/mol. The number of amides is 1. The summed E-state index contributed by atoms with van der Waals surface area (Å²) in [6, 6.07) is 9.09. The fraction of sp³-hybridized carbons (Fsp3) is 0.263. The third kappa shape index (κ3) is 5.35. The molecule has 0 radical (unpaired) electrons. The van der Waals surface area contributed by atoms with Crippen molar-refractivity contribution in [3.8, 4) is 17.2 Å². The molecule has 0 aliphatic rings. The quantitative estimate of drug-likeness (QED) is 0.370. The lowest BCUT2D eigenvalue weighted by Crippen LogP contribution is -2.24.